The lowest BCUT2D eigenvalue weighted by Crippen LogP contribution is -2.08. The SMILES string of the molecule is O=C(Oc1ccc2c(c1)-c1ccc(OC(=O)c3ccc4cc(O)ccc4c3)cc1C2)c1ccc(O)cc1. The van der Waals surface area contributed by atoms with E-state index >= 15 is 0 Å². The van der Waals surface area contributed by atoms with Crippen LogP contribution < -0.4 is 9.47 Å². The minimum absolute atomic E-state index is 0.0779. The molecule has 6 heteroatoms. The molecule has 180 valence electrons. The highest BCUT2D eigenvalue weighted by atomic mass is 16.5. The van der Waals surface area contributed by atoms with E-state index in [1.807, 2.05) is 24.3 Å². The Kier molecular flexibility index (Phi) is 5.34. The third-order valence-corrected chi connectivity index (χ3v) is 6.41. The topological polar surface area (TPSA) is 93.1 Å². The summed E-state index contributed by atoms with van der Waals surface area (Å²) in [5, 5.41) is 20.7. The summed E-state index contributed by atoms with van der Waals surface area (Å²) in [5.74, 6) is 0.143. The molecule has 0 aliphatic heterocycles. The average molecular weight is 488 g/mol. The van der Waals surface area contributed by atoms with Crippen molar-refractivity contribution in [3.8, 4) is 34.1 Å². The summed E-state index contributed by atoms with van der Waals surface area (Å²) in [6, 6.07) is 27.1. The molecule has 0 bridgehead atoms. The van der Waals surface area contributed by atoms with E-state index in [9.17, 15) is 19.8 Å². The summed E-state index contributed by atoms with van der Waals surface area (Å²) in [6.45, 7) is 0. The molecule has 6 rings (SSSR count). The summed E-state index contributed by atoms with van der Waals surface area (Å²) < 4.78 is 11.2. The standard InChI is InChI=1S/C31H20O6/c32-24-7-3-18(4-8-24)30(34)37-27-10-6-21-14-23-16-26(11-12-28(23)29(21)17-27)36-31(35)22-2-1-20-15-25(33)9-5-19(20)13-22/h1-13,15-17,32-33H,14H2. The average Bonchev–Trinajstić information content (AvgIpc) is 3.25. The molecule has 0 spiro atoms. The fourth-order valence-corrected chi connectivity index (χ4v) is 4.56. The molecule has 0 fully saturated rings. The van der Waals surface area contributed by atoms with Gasteiger partial charge in [0.25, 0.3) is 0 Å². The van der Waals surface area contributed by atoms with Crippen molar-refractivity contribution in [3.63, 3.8) is 0 Å². The maximum Gasteiger partial charge on any atom is 0.343 e. The largest absolute Gasteiger partial charge is 0.508 e. The molecule has 0 amide bonds. The number of aromatic hydroxyl groups is 2. The van der Waals surface area contributed by atoms with Crippen LogP contribution in [0.5, 0.6) is 23.0 Å². The van der Waals surface area contributed by atoms with Gasteiger partial charge in [-0.2, -0.15) is 0 Å². The van der Waals surface area contributed by atoms with Crippen LogP contribution in [0.15, 0.2) is 97.1 Å². The normalized spacial score (nSPS) is 11.6. The van der Waals surface area contributed by atoms with Gasteiger partial charge >= 0.3 is 11.9 Å². The monoisotopic (exact) mass is 488 g/mol. The first kappa shape index (κ1) is 22.4. The number of phenols is 2. The number of fused-ring (bicyclic) bond motifs is 4. The van der Waals surface area contributed by atoms with Crippen LogP contribution in [0.25, 0.3) is 21.9 Å². The second-order valence-electron chi connectivity index (χ2n) is 8.89. The van der Waals surface area contributed by atoms with Gasteiger partial charge in [-0.15, -0.1) is 0 Å². The number of rotatable bonds is 4. The minimum Gasteiger partial charge on any atom is -0.508 e. The van der Waals surface area contributed by atoms with E-state index in [0.717, 1.165) is 33.0 Å². The number of hydrogen-bond donors (Lipinski definition) is 2. The van der Waals surface area contributed by atoms with E-state index in [2.05, 4.69) is 0 Å². The molecule has 37 heavy (non-hydrogen) atoms. The van der Waals surface area contributed by atoms with E-state index in [4.69, 9.17) is 9.47 Å². The number of carbonyl (C=O) groups excluding carboxylic acids is 2. The van der Waals surface area contributed by atoms with Crippen LogP contribution in [0.3, 0.4) is 0 Å². The van der Waals surface area contributed by atoms with Crippen LogP contribution in [0.1, 0.15) is 31.8 Å². The minimum atomic E-state index is -0.508. The highest BCUT2D eigenvalue weighted by Crippen LogP contribution is 2.40. The predicted molar refractivity (Wildman–Crippen MR) is 138 cm³/mol. The maximum atomic E-state index is 12.8. The maximum absolute atomic E-state index is 12.8. The first-order valence-electron chi connectivity index (χ1n) is 11.7. The Morgan fingerprint density at radius 3 is 1.97 bits per heavy atom. The number of carbonyl (C=O) groups is 2. The first-order chi connectivity index (χ1) is 17.9. The van der Waals surface area contributed by atoms with Crippen molar-refractivity contribution in [3.05, 3.63) is 119 Å². The van der Waals surface area contributed by atoms with Gasteiger partial charge in [0, 0.05) is 0 Å². The van der Waals surface area contributed by atoms with Gasteiger partial charge in [-0.25, -0.2) is 9.59 Å². The second kappa shape index (κ2) is 8.84. The molecular formula is C31H20O6. The Morgan fingerprint density at radius 1 is 0.541 bits per heavy atom. The van der Waals surface area contributed by atoms with Crippen molar-refractivity contribution in [2.45, 2.75) is 6.42 Å². The van der Waals surface area contributed by atoms with Crippen LogP contribution in [0.2, 0.25) is 0 Å². The van der Waals surface area contributed by atoms with Gasteiger partial charge in [-0.05, 0) is 112 Å². The molecule has 5 aromatic rings. The zero-order chi connectivity index (χ0) is 25.5. The number of esters is 2. The Morgan fingerprint density at radius 2 is 1.16 bits per heavy atom. The summed E-state index contributed by atoms with van der Waals surface area (Å²) >= 11 is 0. The van der Waals surface area contributed by atoms with Crippen molar-refractivity contribution in [1.29, 1.82) is 0 Å². The molecule has 0 aromatic heterocycles. The van der Waals surface area contributed by atoms with Crippen molar-refractivity contribution >= 4 is 22.7 Å². The van der Waals surface area contributed by atoms with Gasteiger partial charge in [0.2, 0.25) is 0 Å². The van der Waals surface area contributed by atoms with Crippen LogP contribution >= 0.6 is 0 Å². The summed E-state index contributed by atoms with van der Waals surface area (Å²) in [7, 11) is 0. The fraction of sp³-hybridized carbons (Fsp3) is 0.0323. The van der Waals surface area contributed by atoms with E-state index in [-0.39, 0.29) is 11.5 Å². The molecule has 5 aromatic carbocycles. The molecule has 6 nitrogen and oxygen atoms in total. The quantitative estimate of drug-likeness (QED) is 0.225. The van der Waals surface area contributed by atoms with Gasteiger partial charge < -0.3 is 19.7 Å². The molecule has 0 atom stereocenters. The number of hydrogen-bond acceptors (Lipinski definition) is 6. The van der Waals surface area contributed by atoms with Crippen molar-refractivity contribution in [1.82, 2.24) is 0 Å². The molecule has 1 aliphatic carbocycles. The van der Waals surface area contributed by atoms with Crippen molar-refractivity contribution in [2.75, 3.05) is 0 Å². The molecule has 0 saturated heterocycles. The van der Waals surface area contributed by atoms with Crippen LogP contribution in [-0.4, -0.2) is 22.2 Å². The van der Waals surface area contributed by atoms with E-state index < -0.39 is 11.9 Å². The van der Waals surface area contributed by atoms with Gasteiger partial charge in [0.15, 0.2) is 0 Å². The molecule has 1 aliphatic rings. The van der Waals surface area contributed by atoms with Gasteiger partial charge in [-0.3, -0.25) is 0 Å². The van der Waals surface area contributed by atoms with E-state index in [1.165, 1.54) is 24.3 Å². The van der Waals surface area contributed by atoms with Crippen LogP contribution in [0, 0.1) is 0 Å². The lowest BCUT2D eigenvalue weighted by Gasteiger charge is -2.09. The number of phenolic OH excluding ortho intramolecular Hbond substituents is 2. The highest BCUT2D eigenvalue weighted by Gasteiger charge is 2.21. The van der Waals surface area contributed by atoms with Crippen molar-refractivity contribution in [2.24, 2.45) is 0 Å². The summed E-state index contributed by atoms with van der Waals surface area (Å²) in [6.07, 6.45) is 0.668. The lowest BCUT2D eigenvalue weighted by molar-refractivity contribution is 0.0725. The molecule has 0 saturated carbocycles. The smallest absolute Gasteiger partial charge is 0.343 e. The zero-order valence-electron chi connectivity index (χ0n) is 19.5. The molecular weight excluding hydrogens is 468 g/mol. The third kappa shape index (κ3) is 4.36. The Balaban J connectivity index is 1.20. The number of benzene rings is 5. The molecule has 2 N–H and O–H groups in total. The third-order valence-electron chi connectivity index (χ3n) is 6.41. The van der Waals surface area contributed by atoms with Crippen LogP contribution in [0.4, 0.5) is 0 Å². The van der Waals surface area contributed by atoms with Crippen molar-refractivity contribution < 1.29 is 29.3 Å². The Labute approximate surface area is 212 Å². The fourth-order valence-electron chi connectivity index (χ4n) is 4.56. The zero-order valence-corrected chi connectivity index (χ0v) is 19.5. The molecule has 0 heterocycles. The van der Waals surface area contributed by atoms with E-state index in [1.54, 1.807) is 48.5 Å². The van der Waals surface area contributed by atoms with Crippen LogP contribution in [-0.2, 0) is 6.42 Å². The molecule has 0 unspecified atom stereocenters. The Bertz CT molecular complexity index is 1700. The lowest BCUT2D eigenvalue weighted by atomic mass is 10.1. The van der Waals surface area contributed by atoms with Gasteiger partial charge in [-0.1, -0.05) is 24.3 Å². The van der Waals surface area contributed by atoms with Gasteiger partial charge in [0.05, 0.1) is 11.1 Å². The first-order valence-corrected chi connectivity index (χ1v) is 11.7. The summed E-state index contributed by atoms with van der Waals surface area (Å²) in [4.78, 5) is 25.3. The summed E-state index contributed by atoms with van der Waals surface area (Å²) in [5.41, 5.74) is 4.80. The van der Waals surface area contributed by atoms with Gasteiger partial charge in [0.1, 0.15) is 23.0 Å². The molecule has 0 radical (unpaired) electrons. The Hall–Kier alpha value is -5.10. The van der Waals surface area contributed by atoms with E-state index in [0.29, 0.717) is 29.0 Å². The second-order valence-corrected chi connectivity index (χ2v) is 8.89. The highest BCUT2D eigenvalue weighted by molar-refractivity contribution is 5.97. The number of ether oxygens (including phenoxy) is 2. The predicted octanol–water partition coefficient (Wildman–Crippen LogP) is 6.26.